The molecule has 1 saturated carbocycles. The fraction of sp³-hybridized carbons (Fsp3) is 1.00. The van der Waals surface area contributed by atoms with Gasteiger partial charge in [-0.05, 0) is 31.1 Å². The van der Waals surface area contributed by atoms with Crippen LogP contribution in [0.25, 0.3) is 0 Å². The molecule has 2 fully saturated rings. The summed E-state index contributed by atoms with van der Waals surface area (Å²) in [4.78, 5) is 2.46. The van der Waals surface area contributed by atoms with E-state index in [0.717, 1.165) is 18.9 Å². The minimum Gasteiger partial charge on any atom is -0.392 e. The fourth-order valence-corrected chi connectivity index (χ4v) is 3.91. The van der Waals surface area contributed by atoms with Crippen molar-refractivity contribution in [1.82, 2.24) is 4.90 Å². The van der Waals surface area contributed by atoms with Crippen LogP contribution in [0.2, 0.25) is 0 Å². The summed E-state index contributed by atoms with van der Waals surface area (Å²) >= 11 is 2.06. The molecule has 1 saturated heterocycles. The number of aliphatic hydroxyl groups excluding tert-OH is 1. The van der Waals surface area contributed by atoms with Gasteiger partial charge in [-0.1, -0.05) is 25.7 Å². The Hall–Kier alpha value is 0.270. The highest BCUT2D eigenvalue weighted by molar-refractivity contribution is 7.99. The summed E-state index contributed by atoms with van der Waals surface area (Å²) in [5.74, 6) is 3.36. The number of hydrogen-bond donors (Lipinski definition) is 1. The van der Waals surface area contributed by atoms with Crippen molar-refractivity contribution in [3.8, 4) is 0 Å². The van der Waals surface area contributed by atoms with Crippen molar-refractivity contribution in [2.24, 2.45) is 5.92 Å². The maximum absolute atomic E-state index is 10.1. The number of hydrogen-bond acceptors (Lipinski definition) is 3. The lowest BCUT2D eigenvalue weighted by molar-refractivity contribution is 0.0945. The second-order valence-electron chi connectivity index (χ2n) is 5.31. The molecule has 0 aromatic heterocycles. The van der Waals surface area contributed by atoms with Crippen LogP contribution >= 0.6 is 11.8 Å². The monoisotopic (exact) mass is 243 g/mol. The lowest BCUT2D eigenvalue weighted by atomic mass is 10.00. The van der Waals surface area contributed by atoms with Gasteiger partial charge in [0.1, 0.15) is 0 Å². The molecule has 2 rings (SSSR count). The van der Waals surface area contributed by atoms with Crippen molar-refractivity contribution in [2.45, 2.75) is 44.6 Å². The van der Waals surface area contributed by atoms with Gasteiger partial charge in [0.05, 0.1) is 6.10 Å². The first-order valence-electron chi connectivity index (χ1n) is 6.83. The van der Waals surface area contributed by atoms with Crippen molar-refractivity contribution in [2.75, 3.05) is 31.1 Å². The van der Waals surface area contributed by atoms with Crippen LogP contribution in [0.5, 0.6) is 0 Å². The van der Waals surface area contributed by atoms with E-state index in [0.29, 0.717) is 0 Å². The first-order chi connectivity index (χ1) is 7.84. The van der Waals surface area contributed by atoms with Crippen molar-refractivity contribution in [1.29, 1.82) is 0 Å². The van der Waals surface area contributed by atoms with E-state index in [1.165, 1.54) is 56.7 Å². The Morgan fingerprint density at radius 3 is 2.75 bits per heavy atom. The number of rotatable bonds is 4. The molecule has 94 valence electrons. The molecule has 0 amide bonds. The van der Waals surface area contributed by atoms with Crippen LogP contribution in [-0.2, 0) is 0 Å². The number of aliphatic hydroxyl groups is 1. The molecule has 0 aromatic rings. The molecule has 0 spiro atoms. The summed E-state index contributed by atoms with van der Waals surface area (Å²) < 4.78 is 0. The first kappa shape index (κ1) is 12.7. The standard InChI is InChI=1S/C13H25NOS/c15-13(10-12-4-1-2-5-12)11-14-6-3-8-16-9-7-14/h12-13,15H,1-11H2/t13-/m1/s1. The van der Waals surface area contributed by atoms with Crippen molar-refractivity contribution >= 4 is 11.8 Å². The molecule has 16 heavy (non-hydrogen) atoms. The quantitative estimate of drug-likeness (QED) is 0.820. The van der Waals surface area contributed by atoms with Crippen molar-refractivity contribution < 1.29 is 5.11 Å². The molecule has 0 radical (unpaired) electrons. The second-order valence-corrected chi connectivity index (χ2v) is 6.53. The number of β-amino-alcohol motifs (C(OH)–C–C–N with tert-alkyl or cyclic N) is 1. The third kappa shape index (κ3) is 4.27. The first-order valence-corrected chi connectivity index (χ1v) is 7.98. The van der Waals surface area contributed by atoms with Gasteiger partial charge in [0.25, 0.3) is 0 Å². The lowest BCUT2D eigenvalue weighted by Gasteiger charge is -2.24. The van der Waals surface area contributed by atoms with Gasteiger partial charge in [-0.3, -0.25) is 4.90 Å². The van der Waals surface area contributed by atoms with E-state index < -0.39 is 0 Å². The maximum Gasteiger partial charge on any atom is 0.0669 e. The highest BCUT2D eigenvalue weighted by atomic mass is 32.2. The molecule has 0 bridgehead atoms. The van der Waals surface area contributed by atoms with E-state index in [2.05, 4.69) is 16.7 Å². The zero-order valence-electron chi connectivity index (χ0n) is 10.2. The van der Waals surface area contributed by atoms with Gasteiger partial charge in [0.2, 0.25) is 0 Å². The third-order valence-corrected chi connectivity index (χ3v) is 4.91. The SMILES string of the molecule is O[C@H](CC1CCCC1)CN1CCCSCC1. The van der Waals surface area contributed by atoms with E-state index >= 15 is 0 Å². The molecule has 1 aliphatic heterocycles. The molecule has 0 aromatic carbocycles. The molecule has 0 unspecified atom stereocenters. The molecule has 2 aliphatic rings. The normalized spacial score (nSPS) is 26.8. The molecular formula is C13H25NOS. The maximum atomic E-state index is 10.1. The van der Waals surface area contributed by atoms with Crippen LogP contribution in [0, 0.1) is 5.92 Å². The minimum absolute atomic E-state index is 0.0776. The Balaban J connectivity index is 1.66. The Labute approximate surface area is 104 Å². The predicted molar refractivity (Wildman–Crippen MR) is 71.0 cm³/mol. The van der Waals surface area contributed by atoms with Gasteiger partial charge < -0.3 is 5.11 Å². The molecule has 2 nitrogen and oxygen atoms in total. The Bertz CT molecular complexity index is 186. The second kappa shape index (κ2) is 6.87. The van der Waals surface area contributed by atoms with E-state index in [1.807, 2.05) is 0 Å². The smallest absolute Gasteiger partial charge is 0.0669 e. The Morgan fingerprint density at radius 2 is 1.94 bits per heavy atom. The van der Waals surface area contributed by atoms with Gasteiger partial charge in [-0.25, -0.2) is 0 Å². The average Bonchev–Trinajstić information content (AvgIpc) is 2.62. The molecule has 1 N–H and O–H groups in total. The van der Waals surface area contributed by atoms with Gasteiger partial charge in [0.15, 0.2) is 0 Å². The molecule has 1 aliphatic carbocycles. The van der Waals surface area contributed by atoms with Crippen molar-refractivity contribution in [3.63, 3.8) is 0 Å². The molecule has 1 heterocycles. The Morgan fingerprint density at radius 1 is 1.12 bits per heavy atom. The highest BCUT2D eigenvalue weighted by Crippen LogP contribution is 2.28. The minimum atomic E-state index is -0.0776. The lowest BCUT2D eigenvalue weighted by Crippen LogP contribution is -2.34. The molecular weight excluding hydrogens is 218 g/mol. The zero-order chi connectivity index (χ0) is 11.2. The number of thioether (sulfide) groups is 1. The zero-order valence-corrected chi connectivity index (χ0v) is 11.1. The molecule has 1 atom stereocenters. The molecule has 3 heteroatoms. The van der Waals surface area contributed by atoms with Crippen LogP contribution in [0.1, 0.15) is 38.5 Å². The van der Waals surface area contributed by atoms with Gasteiger partial charge in [-0.15, -0.1) is 0 Å². The van der Waals surface area contributed by atoms with E-state index in [-0.39, 0.29) is 6.10 Å². The van der Waals surface area contributed by atoms with Crippen LogP contribution in [0.3, 0.4) is 0 Å². The summed E-state index contributed by atoms with van der Waals surface area (Å²) in [5, 5.41) is 10.1. The van der Waals surface area contributed by atoms with Crippen molar-refractivity contribution in [3.05, 3.63) is 0 Å². The fourth-order valence-electron chi connectivity index (χ4n) is 2.98. The van der Waals surface area contributed by atoms with Crippen LogP contribution in [0.4, 0.5) is 0 Å². The highest BCUT2D eigenvalue weighted by Gasteiger charge is 2.20. The van der Waals surface area contributed by atoms with Gasteiger partial charge in [0, 0.05) is 18.8 Å². The summed E-state index contributed by atoms with van der Waals surface area (Å²) in [6.45, 7) is 3.28. The largest absolute Gasteiger partial charge is 0.392 e. The van der Waals surface area contributed by atoms with E-state index in [1.54, 1.807) is 0 Å². The number of nitrogens with zero attached hydrogens (tertiary/aromatic N) is 1. The Kier molecular flexibility index (Phi) is 5.46. The van der Waals surface area contributed by atoms with Crippen LogP contribution in [0.15, 0.2) is 0 Å². The van der Waals surface area contributed by atoms with E-state index in [9.17, 15) is 5.11 Å². The third-order valence-electron chi connectivity index (χ3n) is 3.86. The summed E-state index contributed by atoms with van der Waals surface area (Å²) in [7, 11) is 0. The summed E-state index contributed by atoms with van der Waals surface area (Å²) in [6, 6.07) is 0. The average molecular weight is 243 g/mol. The predicted octanol–water partition coefficient (Wildman–Crippen LogP) is 2.37. The van der Waals surface area contributed by atoms with E-state index in [4.69, 9.17) is 0 Å². The summed E-state index contributed by atoms with van der Waals surface area (Å²) in [6.07, 6.45) is 7.74. The summed E-state index contributed by atoms with van der Waals surface area (Å²) in [5.41, 5.74) is 0. The van der Waals surface area contributed by atoms with Crippen LogP contribution in [-0.4, -0.2) is 47.3 Å². The topological polar surface area (TPSA) is 23.5 Å². The van der Waals surface area contributed by atoms with Gasteiger partial charge in [-0.2, -0.15) is 11.8 Å². The van der Waals surface area contributed by atoms with Gasteiger partial charge >= 0.3 is 0 Å². The van der Waals surface area contributed by atoms with Crippen LogP contribution < -0.4 is 0 Å².